The van der Waals surface area contributed by atoms with Crippen molar-refractivity contribution >= 4 is 17.3 Å². The Morgan fingerprint density at radius 2 is 1.94 bits per heavy atom. The first-order valence-corrected chi connectivity index (χ1v) is 10.8. The Kier molecular flexibility index (Phi) is 5.57. The number of hydrogen-bond donors (Lipinski definition) is 1. The van der Waals surface area contributed by atoms with Gasteiger partial charge in [-0.1, -0.05) is 13.0 Å². The number of halogens is 1. The molecule has 5 rings (SSSR count). The van der Waals surface area contributed by atoms with E-state index >= 15 is 0 Å². The van der Waals surface area contributed by atoms with E-state index in [2.05, 4.69) is 50.3 Å². The summed E-state index contributed by atoms with van der Waals surface area (Å²) in [5, 5.41) is 7.77. The Bertz CT molecular complexity index is 1050. The van der Waals surface area contributed by atoms with Crippen molar-refractivity contribution in [1.29, 1.82) is 0 Å². The topological polar surface area (TPSA) is 58.5 Å². The molecule has 1 aromatic heterocycles. The molecule has 1 N–H and O–H groups in total. The first-order chi connectivity index (χ1) is 15.2. The third kappa shape index (κ3) is 4.40. The van der Waals surface area contributed by atoms with Crippen molar-refractivity contribution in [3.05, 3.63) is 60.2 Å². The second-order valence-corrected chi connectivity index (χ2v) is 8.07. The van der Waals surface area contributed by atoms with Gasteiger partial charge in [-0.3, -0.25) is 4.90 Å². The van der Waals surface area contributed by atoms with Crippen LogP contribution < -0.4 is 10.2 Å². The van der Waals surface area contributed by atoms with E-state index in [-0.39, 0.29) is 7.24 Å². The molecular formula is C23H29FN6O. The molecule has 3 heterocycles. The average Bonchev–Trinajstić information content (AvgIpc) is 3.21. The van der Waals surface area contributed by atoms with Crippen LogP contribution in [0, 0.1) is 5.82 Å². The highest BCUT2D eigenvalue weighted by Gasteiger charge is 2.29. The number of piperazine rings is 1. The standard InChI is InChI=1S/C23H27FN6O.H2/c1-2-17-10-19(26-23-25-16-30(27-23)20-5-3-4-18(24)12-20)13-21(11-17)28-6-8-29(9-7-28)22-14-31-15-22;/h3-5,10-13,16,22H,2,6-9,14-15H2,1H3,(H,26,27);1H. The smallest absolute Gasteiger partial charge is 0.246 e. The van der Waals surface area contributed by atoms with Gasteiger partial charge in [-0.25, -0.2) is 9.07 Å². The van der Waals surface area contributed by atoms with Gasteiger partial charge in [-0.05, 0) is 48.4 Å². The van der Waals surface area contributed by atoms with Crippen molar-refractivity contribution in [2.24, 2.45) is 0 Å². The summed E-state index contributed by atoms with van der Waals surface area (Å²) in [6, 6.07) is 13.5. The number of nitrogens with zero attached hydrogens (tertiary/aromatic N) is 5. The molecule has 0 bridgehead atoms. The van der Waals surface area contributed by atoms with Crippen molar-refractivity contribution < 1.29 is 10.6 Å². The molecule has 0 saturated carbocycles. The summed E-state index contributed by atoms with van der Waals surface area (Å²) in [5.74, 6) is 0.186. The van der Waals surface area contributed by atoms with Gasteiger partial charge in [0.05, 0.1) is 24.9 Å². The van der Waals surface area contributed by atoms with E-state index in [0.717, 1.165) is 51.5 Å². The second kappa shape index (κ2) is 8.64. The first-order valence-electron chi connectivity index (χ1n) is 10.8. The Morgan fingerprint density at radius 3 is 2.65 bits per heavy atom. The van der Waals surface area contributed by atoms with Gasteiger partial charge in [0.15, 0.2) is 0 Å². The summed E-state index contributed by atoms with van der Waals surface area (Å²) in [6.07, 6.45) is 2.54. The lowest BCUT2D eigenvalue weighted by molar-refractivity contribution is -0.0660. The molecule has 0 radical (unpaired) electrons. The molecule has 164 valence electrons. The summed E-state index contributed by atoms with van der Waals surface area (Å²) in [4.78, 5) is 9.32. The van der Waals surface area contributed by atoms with Crippen molar-refractivity contribution in [1.82, 2.24) is 19.7 Å². The highest BCUT2D eigenvalue weighted by molar-refractivity contribution is 5.64. The summed E-state index contributed by atoms with van der Waals surface area (Å²) in [6.45, 7) is 8.04. The van der Waals surface area contributed by atoms with Gasteiger partial charge in [0.25, 0.3) is 0 Å². The summed E-state index contributed by atoms with van der Waals surface area (Å²) in [5.41, 5.74) is 4.08. The Balaban J connectivity index is 0.00000245. The highest BCUT2D eigenvalue weighted by atomic mass is 19.1. The third-order valence-corrected chi connectivity index (χ3v) is 6.02. The van der Waals surface area contributed by atoms with Crippen LogP contribution in [-0.2, 0) is 11.2 Å². The summed E-state index contributed by atoms with van der Waals surface area (Å²) in [7, 11) is 0. The Labute approximate surface area is 182 Å². The fourth-order valence-electron chi connectivity index (χ4n) is 4.10. The second-order valence-electron chi connectivity index (χ2n) is 8.07. The van der Waals surface area contributed by atoms with Crippen LogP contribution in [-0.4, -0.2) is 65.1 Å². The molecule has 0 aliphatic carbocycles. The van der Waals surface area contributed by atoms with Crippen LogP contribution in [0.3, 0.4) is 0 Å². The van der Waals surface area contributed by atoms with Gasteiger partial charge in [-0.2, -0.15) is 4.98 Å². The molecule has 2 saturated heterocycles. The number of benzene rings is 2. The van der Waals surface area contributed by atoms with E-state index in [1.54, 1.807) is 23.1 Å². The van der Waals surface area contributed by atoms with E-state index in [1.807, 2.05) is 0 Å². The number of rotatable bonds is 6. The van der Waals surface area contributed by atoms with Gasteiger partial charge >= 0.3 is 0 Å². The van der Waals surface area contributed by atoms with E-state index in [1.165, 1.54) is 23.4 Å². The SMILES string of the molecule is CCc1cc(Nc2ncn(-c3cccc(F)c3)n2)cc(N2CCN(C3COC3)CC2)c1.[HH]. The van der Waals surface area contributed by atoms with Crippen LogP contribution in [0.25, 0.3) is 5.69 Å². The van der Waals surface area contributed by atoms with Crippen molar-refractivity contribution in [2.45, 2.75) is 19.4 Å². The fourth-order valence-corrected chi connectivity index (χ4v) is 4.10. The van der Waals surface area contributed by atoms with Crippen LogP contribution in [0.5, 0.6) is 0 Å². The molecule has 7 nitrogen and oxygen atoms in total. The number of anilines is 3. The zero-order valence-corrected chi connectivity index (χ0v) is 17.7. The molecule has 3 aromatic rings. The Hall–Kier alpha value is -2.97. The monoisotopic (exact) mass is 424 g/mol. The number of aryl methyl sites for hydroxylation is 1. The van der Waals surface area contributed by atoms with Gasteiger partial charge in [-0.15, -0.1) is 5.10 Å². The van der Waals surface area contributed by atoms with E-state index in [0.29, 0.717) is 17.7 Å². The number of nitrogens with one attached hydrogen (secondary N) is 1. The van der Waals surface area contributed by atoms with Crippen molar-refractivity contribution in [2.75, 3.05) is 49.6 Å². The molecular weight excluding hydrogens is 395 g/mol. The molecule has 8 heteroatoms. The number of aromatic nitrogens is 3. The molecule has 0 atom stereocenters. The molecule has 31 heavy (non-hydrogen) atoms. The van der Waals surface area contributed by atoms with Gasteiger partial charge in [0.2, 0.25) is 5.95 Å². The summed E-state index contributed by atoms with van der Waals surface area (Å²) < 4.78 is 20.4. The number of hydrogen-bond acceptors (Lipinski definition) is 6. The maximum Gasteiger partial charge on any atom is 0.246 e. The highest BCUT2D eigenvalue weighted by Crippen LogP contribution is 2.26. The molecule has 2 aliphatic heterocycles. The molecule has 0 spiro atoms. The van der Waals surface area contributed by atoms with Crippen LogP contribution in [0.4, 0.5) is 21.7 Å². The van der Waals surface area contributed by atoms with Gasteiger partial charge in [0, 0.05) is 39.0 Å². The largest absolute Gasteiger partial charge is 0.378 e. The molecule has 2 aliphatic rings. The van der Waals surface area contributed by atoms with Crippen LogP contribution in [0.15, 0.2) is 48.8 Å². The Morgan fingerprint density at radius 1 is 1.10 bits per heavy atom. The summed E-state index contributed by atoms with van der Waals surface area (Å²) >= 11 is 0. The van der Waals surface area contributed by atoms with Crippen LogP contribution >= 0.6 is 0 Å². The predicted molar refractivity (Wildman–Crippen MR) is 121 cm³/mol. The van der Waals surface area contributed by atoms with E-state index in [9.17, 15) is 4.39 Å². The van der Waals surface area contributed by atoms with Gasteiger partial charge in [0.1, 0.15) is 12.1 Å². The lowest BCUT2D eigenvalue weighted by atomic mass is 10.1. The molecule has 2 aromatic carbocycles. The van der Waals surface area contributed by atoms with Crippen molar-refractivity contribution in [3.63, 3.8) is 0 Å². The molecule has 0 amide bonds. The lowest BCUT2D eigenvalue weighted by Gasteiger charge is -2.43. The average molecular weight is 425 g/mol. The van der Waals surface area contributed by atoms with E-state index < -0.39 is 0 Å². The fraction of sp³-hybridized carbons (Fsp3) is 0.391. The maximum absolute atomic E-state index is 13.5. The minimum Gasteiger partial charge on any atom is -0.378 e. The maximum atomic E-state index is 13.5. The third-order valence-electron chi connectivity index (χ3n) is 6.02. The van der Waals surface area contributed by atoms with Crippen LogP contribution in [0.1, 0.15) is 13.9 Å². The quantitative estimate of drug-likeness (QED) is 0.654. The normalized spacial score (nSPS) is 17.5. The minimum atomic E-state index is -0.298. The number of ether oxygens (including phenoxy) is 1. The predicted octanol–water partition coefficient (Wildman–Crippen LogP) is 3.48. The first kappa shape index (κ1) is 20.0. The lowest BCUT2D eigenvalue weighted by Crippen LogP contribution is -2.56. The van der Waals surface area contributed by atoms with Crippen molar-refractivity contribution in [3.8, 4) is 5.69 Å². The zero-order valence-electron chi connectivity index (χ0n) is 17.7. The van der Waals surface area contributed by atoms with Gasteiger partial charge < -0.3 is 15.0 Å². The minimum absolute atomic E-state index is 0. The molecule has 2 fully saturated rings. The van der Waals surface area contributed by atoms with Crippen LogP contribution in [0.2, 0.25) is 0 Å². The molecule has 0 unspecified atom stereocenters. The zero-order chi connectivity index (χ0) is 21.2. The van der Waals surface area contributed by atoms with E-state index in [4.69, 9.17) is 4.74 Å².